The lowest BCUT2D eigenvalue weighted by Crippen LogP contribution is -2.28. The van der Waals surface area contributed by atoms with E-state index < -0.39 is 39.3 Å². The number of halogens is 6. The van der Waals surface area contributed by atoms with Gasteiger partial charge in [0, 0.05) is 34.3 Å². The van der Waals surface area contributed by atoms with Crippen molar-refractivity contribution < 1.29 is 35.0 Å². The maximum Gasteiger partial charge on any atom is 0.534 e. The molecule has 0 saturated heterocycles. The van der Waals surface area contributed by atoms with Crippen molar-refractivity contribution in [3.8, 4) is 5.75 Å². The second-order valence-electron chi connectivity index (χ2n) is 6.18. The highest BCUT2D eigenvalue weighted by Crippen LogP contribution is 2.32. The van der Waals surface area contributed by atoms with Crippen LogP contribution in [0.2, 0.25) is 10.0 Å². The second kappa shape index (κ2) is 8.81. The van der Waals surface area contributed by atoms with Gasteiger partial charge in [-0.1, -0.05) is 23.2 Å². The summed E-state index contributed by atoms with van der Waals surface area (Å²) in [5.41, 5.74) is -6.66. The van der Waals surface area contributed by atoms with Gasteiger partial charge >= 0.3 is 21.3 Å². The molecule has 0 aliphatic heterocycles. The Hall–Kier alpha value is -2.47. The lowest BCUT2D eigenvalue weighted by molar-refractivity contribution is -0.116. The second-order valence-corrected chi connectivity index (χ2v) is 8.90. The fourth-order valence-electron chi connectivity index (χ4n) is 2.59. The number of rotatable bonds is 5. The van der Waals surface area contributed by atoms with Crippen LogP contribution in [0.1, 0.15) is 5.56 Å². The summed E-state index contributed by atoms with van der Waals surface area (Å²) in [6, 6.07) is 8.03. The molecular weight excluding hydrogens is 522 g/mol. The molecule has 3 aromatic rings. The van der Waals surface area contributed by atoms with Crippen LogP contribution in [-0.4, -0.2) is 19.8 Å². The van der Waals surface area contributed by atoms with Crippen molar-refractivity contribution >= 4 is 67.7 Å². The van der Waals surface area contributed by atoms with Crippen molar-refractivity contribution in [3.05, 3.63) is 68.5 Å². The number of amides is 1. The summed E-state index contributed by atoms with van der Waals surface area (Å²) in [5.74, 6) is -1.45. The summed E-state index contributed by atoms with van der Waals surface area (Å²) in [4.78, 5) is 24.5. The monoisotopic (exact) mass is 529 g/mol. The van der Waals surface area contributed by atoms with E-state index in [1.807, 2.05) is 0 Å². The predicted molar refractivity (Wildman–Crippen MR) is 112 cm³/mol. The van der Waals surface area contributed by atoms with Crippen molar-refractivity contribution in [2.45, 2.75) is 11.9 Å². The smallest absolute Gasteiger partial charge is 0.423 e. The lowest BCUT2D eigenvalue weighted by atomic mass is 10.1. The molecule has 7 nitrogen and oxygen atoms in total. The van der Waals surface area contributed by atoms with Crippen molar-refractivity contribution in [2.24, 2.45) is 0 Å². The van der Waals surface area contributed by atoms with Crippen molar-refractivity contribution in [3.63, 3.8) is 0 Å². The minimum absolute atomic E-state index is 0.0888. The van der Waals surface area contributed by atoms with E-state index >= 15 is 0 Å². The lowest BCUT2D eigenvalue weighted by Gasteiger charge is -2.16. The number of benzene rings is 2. The fraction of sp³-hybridized carbons (Fsp3) is 0.111. The molecule has 0 aliphatic rings. The van der Waals surface area contributed by atoms with Crippen LogP contribution in [0, 0.1) is 0 Å². The average molecular weight is 531 g/mol. The van der Waals surface area contributed by atoms with E-state index in [1.165, 1.54) is 18.2 Å². The molecule has 0 spiro atoms. The van der Waals surface area contributed by atoms with E-state index in [0.717, 1.165) is 24.3 Å². The van der Waals surface area contributed by atoms with Gasteiger partial charge < -0.3 is 8.60 Å². The van der Waals surface area contributed by atoms with Gasteiger partial charge in [-0.3, -0.25) is 4.79 Å². The van der Waals surface area contributed by atoms with E-state index in [0.29, 0.717) is 9.44 Å². The van der Waals surface area contributed by atoms with Gasteiger partial charge in [-0.15, -0.1) is 0 Å². The fourth-order valence-corrected chi connectivity index (χ4v) is 3.78. The largest absolute Gasteiger partial charge is 0.534 e. The number of nitrogens with zero attached hydrogens (tertiary/aromatic N) is 1. The first-order valence-electron chi connectivity index (χ1n) is 8.30. The van der Waals surface area contributed by atoms with Gasteiger partial charge in [-0.05, 0) is 35.9 Å². The van der Waals surface area contributed by atoms with Gasteiger partial charge in [0.15, 0.2) is 0 Å². The van der Waals surface area contributed by atoms with Crippen LogP contribution in [0.5, 0.6) is 5.75 Å². The van der Waals surface area contributed by atoms with E-state index in [9.17, 15) is 31.2 Å². The molecule has 3 rings (SSSR count). The molecule has 1 aromatic heterocycles. The standard InChI is InChI=1S/C18H9Cl3F3NO6S/c19-10-1-4-14(13(20)7-10)25(21)16(26)5-9-6-17(27)30-15-8-11(2-3-12(9)15)31-32(28,29)18(22,23)24/h1-4,6-8H,5H2. The van der Waals surface area contributed by atoms with E-state index in [2.05, 4.69) is 4.18 Å². The Labute approximate surface area is 193 Å². The number of carbonyl (C=O) groups is 1. The molecule has 0 bridgehead atoms. The third kappa shape index (κ3) is 5.12. The van der Waals surface area contributed by atoms with Gasteiger partial charge in [0.1, 0.15) is 11.3 Å². The first kappa shape index (κ1) is 24.2. The number of hydrogen-bond donors (Lipinski definition) is 0. The number of alkyl halides is 3. The summed E-state index contributed by atoms with van der Waals surface area (Å²) in [5, 5.41) is 0.543. The Bertz CT molecular complexity index is 1370. The Morgan fingerprint density at radius 2 is 1.78 bits per heavy atom. The first-order valence-corrected chi connectivity index (χ1v) is 10.8. The van der Waals surface area contributed by atoms with Crippen LogP contribution < -0.4 is 14.2 Å². The minimum atomic E-state index is -5.93. The molecule has 0 fully saturated rings. The maximum absolute atomic E-state index is 12.6. The van der Waals surface area contributed by atoms with Crippen molar-refractivity contribution in [1.82, 2.24) is 0 Å². The van der Waals surface area contributed by atoms with Crippen LogP contribution in [0.4, 0.5) is 18.9 Å². The first-order chi connectivity index (χ1) is 14.8. The molecular formula is C18H9Cl3F3NO6S. The molecule has 170 valence electrons. The van der Waals surface area contributed by atoms with Gasteiger partial charge in [-0.25, -0.2) is 9.21 Å². The molecule has 1 amide bonds. The van der Waals surface area contributed by atoms with Crippen molar-refractivity contribution in [1.29, 1.82) is 0 Å². The SMILES string of the molecule is O=C(Cc1cc(=O)oc2cc(OS(=O)(=O)C(F)(F)F)ccc12)N(Cl)c1ccc(Cl)cc1Cl. The summed E-state index contributed by atoms with van der Waals surface area (Å²) < 4.78 is 69.5. The summed E-state index contributed by atoms with van der Waals surface area (Å²) in [6.07, 6.45) is -0.425. The number of carbonyl (C=O) groups excluding carboxylic acids is 1. The summed E-state index contributed by atoms with van der Waals surface area (Å²) in [7, 11) is -5.93. The number of hydrogen-bond acceptors (Lipinski definition) is 6. The molecule has 0 atom stereocenters. The molecule has 1 heterocycles. The zero-order chi connectivity index (χ0) is 23.8. The molecule has 0 unspecified atom stereocenters. The average Bonchev–Trinajstić information content (AvgIpc) is 2.65. The third-order valence-electron chi connectivity index (χ3n) is 3.97. The molecule has 32 heavy (non-hydrogen) atoms. The summed E-state index contributed by atoms with van der Waals surface area (Å²) in [6.45, 7) is 0. The molecule has 0 aliphatic carbocycles. The van der Waals surface area contributed by atoms with Crippen LogP contribution in [-0.2, 0) is 21.3 Å². The molecule has 0 radical (unpaired) electrons. The van der Waals surface area contributed by atoms with Gasteiger partial charge in [-0.2, -0.15) is 21.6 Å². The quantitative estimate of drug-likeness (QED) is 0.198. The Kier molecular flexibility index (Phi) is 6.66. The maximum atomic E-state index is 12.6. The molecule has 0 saturated carbocycles. The normalized spacial score (nSPS) is 12.1. The van der Waals surface area contributed by atoms with Crippen LogP contribution in [0.25, 0.3) is 11.0 Å². The van der Waals surface area contributed by atoms with Crippen LogP contribution in [0.15, 0.2) is 51.7 Å². The number of anilines is 1. The topological polar surface area (TPSA) is 93.9 Å². The van der Waals surface area contributed by atoms with E-state index in [-0.39, 0.29) is 27.2 Å². The summed E-state index contributed by atoms with van der Waals surface area (Å²) >= 11 is 17.9. The van der Waals surface area contributed by atoms with Crippen molar-refractivity contribution in [2.75, 3.05) is 4.42 Å². The number of fused-ring (bicyclic) bond motifs is 1. The van der Waals surface area contributed by atoms with Gasteiger partial charge in [0.2, 0.25) is 5.91 Å². The van der Waals surface area contributed by atoms with Gasteiger partial charge in [0.25, 0.3) is 0 Å². The Morgan fingerprint density at radius 1 is 1.09 bits per heavy atom. The minimum Gasteiger partial charge on any atom is -0.423 e. The van der Waals surface area contributed by atoms with E-state index in [1.54, 1.807) is 0 Å². The predicted octanol–water partition coefficient (Wildman–Crippen LogP) is 5.06. The highest BCUT2D eigenvalue weighted by molar-refractivity contribution is 7.88. The van der Waals surface area contributed by atoms with Gasteiger partial charge in [0.05, 0.1) is 17.1 Å². The van der Waals surface area contributed by atoms with E-state index in [4.69, 9.17) is 39.4 Å². The zero-order valence-electron chi connectivity index (χ0n) is 15.3. The van der Waals surface area contributed by atoms with Crippen LogP contribution >= 0.6 is 35.0 Å². The Morgan fingerprint density at radius 3 is 2.41 bits per heavy atom. The molecule has 0 N–H and O–H groups in total. The third-order valence-corrected chi connectivity index (χ3v) is 5.86. The molecule has 14 heteroatoms. The molecule has 2 aromatic carbocycles. The van der Waals surface area contributed by atoms with Crippen LogP contribution in [0.3, 0.4) is 0 Å². The highest BCUT2D eigenvalue weighted by Gasteiger charge is 2.48. The zero-order valence-corrected chi connectivity index (χ0v) is 18.4. The highest BCUT2D eigenvalue weighted by atomic mass is 35.5. The Balaban J connectivity index is 1.94.